The standard InChI is InChI=1S/C17H26F3NS/c1-5-14(21)8-6-7-12-9-13(16(2,3)4)11-15(10-12)22-17(18,19)20/h9-11,14H,5-8,21H2,1-4H3/t14-/m0/s1. The van der Waals surface area contributed by atoms with Crippen molar-refractivity contribution in [1.82, 2.24) is 0 Å². The fourth-order valence-electron chi connectivity index (χ4n) is 2.20. The van der Waals surface area contributed by atoms with Crippen molar-refractivity contribution in [3.63, 3.8) is 0 Å². The van der Waals surface area contributed by atoms with Crippen LogP contribution in [0, 0.1) is 0 Å². The predicted molar refractivity (Wildman–Crippen MR) is 88.3 cm³/mol. The van der Waals surface area contributed by atoms with Crippen molar-refractivity contribution in [2.75, 3.05) is 0 Å². The minimum atomic E-state index is -4.25. The van der Waals surface area contributed by atoms with E-state index in [1.165, 1.54) is 0 Å². The molecule has 0 bridgehead atoms. The molecule has 0 aromatic heterocycles. The molecule has 0 radical (unpaired) electrons. The maximum Gasteiger partial charge on any atom is 0.446 e. The van der Waals surface area contributed by atoms with Crippen molar-refractivity contribution in [3.8, 4) is 0 Å². The van der Waals surface area contributed by atoms with Crippen molar-refractivity contribution in [2.24, 2.45) is 5.73 Å². The van der Waals surface area contributed by atoms with Crippen molar-refractivity contribution >= 4 is 11.8 Å². The fraction of sp³-hybridized carbons (Fsp3) is 0.647. The highest BCUT2D eigenvalue weighted by molar-refractivity contribution is 8.00. The lowest BCUT2D eigenvalue weighted by Gasteiger charge is -2.21. The molecule has 5 heteroatoms. The van der Waals surface area contributed by atoms with Crippen molar-refractivity contribution in [1.29, 1.82) is 0 Å². The van der Waals surface area contributed by atoms with Crippen LogP contribution in [0.4, 0.5) is 13.2 Å². The van der Waals surface area contributed by atoms with Crippen molar-refractivity contribution in [2.45, 2.75) is 75.2 Å². The molecule has 1 rings (SSSR count). The smallest absolute Gasteiger partial charge is 0.328 e. The van der Waals surface area contributed by atoms with Gasteiger partial charge in [-0.25, -0.2) is 0 Å². The minimum Gasteiger partial charge on any atom is -0.328 e. The lowest BCUT2D eigenvalue weighted by atomic mass is 9.85. The first kappa shape index (κ1) is 19.4. The van der Waals surface area contributed by atoms with Gasteiger partial charge in [0.1, 0.15) is 0 Å². The highest BCUT2D eigenvalue weighted by Gasteiger charge is 2.30. The van der Waals surface area contributed by atoms with Crippen LogP contribution in [-0.2, 0) is 11.8 Å². The van der Waals surface area contributed by atoms with Gasteiger partial charge in [0.25, 0.3) is 0 Å². The number of nitrogens with two attached hydrogens (primary N) is 1. The third-order valence-electron chi connectivity index (χ3n) is 3.63. The molecule has 1 atom stereocenters. The molecule has 1 aromatic carbocycles. The number of hydrogen-bond acceptors (Lipinski definition) is 2. The summed E-state index contributed by atoms with van der Waals surface area (Å²) in [5.74, 6) is 0. The van der Waals surface area contributed by atoms with Gasteiger partial charge in [0.15, 0.2) is 0 Å². The molecular formula is C17H26F3NS. The summed E-state index contributed by atoms with van der Waals surface area (Å²) in [6, 6.07) is 5.51. The maximum atomic E-state index is 12.7. The molecule has 0 saturated carbocycles. The van der Waals surface area contributed by atoms with Crippen LogP contribution >= 0.6 is 11.8 Å². The SMILES string of the molecule is CC[C@H](N)CCCc1cc(SC(F)(F)F)cc(C(C)(C)C)c1. The molecule has 126 valence electrons. The van der Waals surface area contributed by atoms with Gasteiger partial charge in [0.2, 0.25) is 0 Å². The molecule has 1 nitrogen and oxygen atoms in total. The molecular weight excluding hydrogens is 307 g/mol. The molecule has 0 aliphatic carbocycles. The van der Waals surface area contributed by atoms with E-state index in [0.29, 0.717) is 0 Å². The van der Waals surface area contributed by atoms with Gasteiger partial charge < -0.3 is 5.73 Å². The zero-order valence-corrected chi connectivity index (χ0v) is 14.6. The van der Waals surface area contributed by atoms with Gasteiger partial charge >= 0.3 is 5.51 Å². The summed E-state index contributed by atoms with van der Waals surface area (Å²) < 4.78 is 38.0. The Morgan fingerprint density at radius 1 is 1.14 bits per heavy atom. The molecule has 0 heterocycles. The highest BCUT2D eigenvalue weighted by Crippen LogP contribution is 2.39. The van der Waals surface area contributed by atoms with Gasteiger partial charge in [-0.1, -0.05) is 33.8 Å². The van der Waals surface area contributed by atoms with E-state index < -0.39 is 5.51 Å². The number of thioether (sulfide) groups is 1. The molecule has 0 fully saturated rings. The first-order chi connectivity index (χ1) is 10.0. The van der Waals surface area contributed by atoms with Gasteiger partial charge in [0.05, 0.1) is 0 Å². The van der Waals surface area contributed by atoms with E-state index in [1.54, 1.807) is 12.1 Å². The number of alkyl halides is 3. The predicted octanol–water partition coefficient (Wildman–Crippen LogP) is 5.66. The van der Waals surface area contributed by atoms with Crippen molar-refractivity contribution in [3.05, 3.63) is 29.3 Å². The van der Waals surface area contributed by atoms with Gasteiger partial charge in [-0.2, -0.15) is 13.2 Å². The summed E-state index contributed by atoms with van der Waals surface area (Å²) >= 11 is -0.0352. The van der Waals surface area contributed by atoms with Crippen LogP contribution in [0.5, 0.6) is 0 Å². The quantitative estimate of drug-likeness (QED) is 0.680. The normalized spacial score (nSPS) is 14.2. The molecule has 0 amide bonds. The molecule has 0 aliphatic rings. The average Bonchev–Trinajstić information content (AvgIpc) is 2.35. The van der Waals surface area contributed by atoms with Crippen LogP contribution in [0.25, 0.3) is 0 Å². The lowest BCUT2D eigenvalue weighted by molar-refractivity contribution is -0.0328. The number of halogens is 3. The second-order valence-corrected chi connectivity index (χ2v) is 7.86. The largest absolute Gasteiger partial charge is 0.446 e. The van der Waals surface area contributed by atoms with Gasteiger partial charge in [0, 0.05) is 10.9 Å². The Balaban J connectivity index is 2.93. The van der Waals surface area contributed by atoms with Crippen LogP contribution in [0.15, 0.2) is 23.1 Å². The van der Waals surface area contributed by atoms with E-state index in [1.807, 2.05) is 33.8 Å². The van der Waals surface area contributed by atoms with Crippen LogP contribution in [0.2, 0.25) is 0 Å². The highest BCUT2D eigenvalue weighted by atomic mass is 32.2. The summed E-state index contributed by atoms with van der Waals surface area (Å²) in [5, 5.41) is 0. The van der Waals surface area contributed by atoms with E-state index in [2.05, 4.69) is 0 Å². The van der Waals surface area contributed by atoms with E-state index in [0.717, 1.165) is 36.8 Å². The Hall–Kier alpha value is -0.680. The van der Waals surface area contributed by atoms with E-state index >= 15 is 0 Å². The van der Waals surface area contributed by atoms with Crippen LogP contribution in [0.3, 0.4) is 0 Å². The van der Waals surface area contributed by atoms with E-state index in [4.69, 9.17) is 5.73 Å². The maximum absolute atomic E-state index is 12.7. The molecule has 0 saturated heterocycles. The van der Waals surface area contributed by atoms with Crippen LogP contribution in [0.1, 0.15) is 58.1 Å². The van der Waals surface area contributed by atoms with E-state index in [9.17, 15) is 13.2 Å². The zero-order chi connectivity index (χ0) is 17.0. The molecule has 0 aliphatic heterocycles. The molecule has 2 N–H and O–H groups in total. The third-order valence-corrected chi connectivity index (χ3v) is 4.33. The minimum absolute atomic E-state index is 0.0352. The third kappa shape index (κ3) is 7.05. The lowest BCUT2D eigenvalue weighted by Crippen LogP contribution is -2.18. The topological polar surface area (TPSA) is 26.0 Å². The second kappa shape index (κ2) is 7.73. The molecule has 1 aromatic rings. The fourth-order valence-corrected chi connectivity index (χ4v) is 2.87. The van der Waals surface area contributed by atoms with Crippen LogP contribution in [-0.4, -0.2) is 11.6 Å². The zero-order valence-electron chi connectivity index (χ0n) is 13.8. The number of hydrogen-bond donors (Lipinski definition) is 1. The first-order valence-corrected chi connectivity index (χ1v) is 8.48. The summed E-state index contributed by atoms with van der Waals surface area (Å²) in [6.07, 6.45) is 3.50. The number of rotatable bonds is 6. The van der Waals surface area contributed by atoms with Gasteiger partial charge in [-0.05, 0) is 66.1 Å². The van der Waals surface area contributed by atoms with Crippen LogP contribution < -0.4 is 5.73 Å². The first-order valence-electron chi connectivity index (χ1n) is 7.67. The molecule has 0 unspecified atom stereocenters. The average molecular weight is 333 g/mol. The summed E-state index contributed by atoms with van der Waals surface area (Å²) in [6.45, 7) is 8.09. The Morgan fingerprint density at radius 3 is 2.27 bits per heavy atom. The summed E-state index contributed by atoms with van der Waals surface area (Å²) in [7, 11) is 0. The summed E-state index contributed by atoms with van der Waals surface area (Å²) in [4.78, 5) is 0.273. The Kier molecular flexibility index (Phi) is 6.81. The van der Waals surface area contributed by atoms with Gasteiger partial charge in [-0.15, -0.1) is 0 Å². The monoisotopic (exact) mass is 333 g/mol. The second-order valence-electron chi connectivity index (χ2n) is 6.72. The molecule has 0 spiro atoms. The summed E-state index contributed by atoms with van der Waals surface area (Å²) in [5.41, 5.74) is 3.38. The number of benzene rings is 1. The van der Waals surface area contributed by atoms with E-state index in [-0.39, 0.29) is 28.1 Å². The molecule has 22 heavy (non-hydrogen) atoms. The number of aryl methyl sites for hydroxylation is 1. The Labute approximate surface area is 135 Å². The Morgan fingerprint density at radius 2 is 1.77 bits per heavy atom. The Bertz CT molecular complexity index is 478. The van der Waals surface area contributed by atoms with Crippen molar-refractivity contribution < 1.29 is 13.2 Å². The van der Waals surface area contributed by atoms with Gasteiger partial charge in [-0.3, -0.25) is 0 Å².